The quantitative estimate of drug-likeness (QED) is 0.437. The van der Waals surface area contributed by atoms with Gasteiger partial charge < -0.3 is 0 Å². The first-order chi connectivity index (χ1) is 14.4. The second kappa shape index (κ2) is 7.98. The second-order valence-electron chi connectivity index (χ2n) is 7.12. The maximum absolute atomic E-state index is 13.4. The minimum absolute atomic E-state index is 0.0561. The average molecular weight is 424 g/mol. The number of hydroxylamine groups is 1. The van der Waals surface area contributed by atoms with Crippen molar-refractivity contribution in [1.82, 2.24) is 4.47 Å². The van der Waals surface area contributed by atoms with Crippen molar-refractivity contribution in [2.75, 3.05) is 0 Å². The van der Waals surface area contributed by atoms with E-state index in [9.17, 15) is 18.5 Å². The minimum Gasteiger partial charge on any atom is -0.275 e. The molecular formula is C22H20N2O5S. The van der Waals surface area contributed by atoms with Gasteiger partial charge in [-0.05, 0) is 35.7 Å². The van der Waals surface area contributed by atoms with Crippen LogP contribution in [0.5, 0.6) is 0 Å². The largest absolute Gasteiger partial charge is 0.275 e. The highest BCUT2D eigenvalue weighted by molar-refractivity contribution is 7.89. The van der Waals surface area contributed by atoms with Crippen LogP contribution in [0.15, 0.2) is 83.8 Å². The van der Waals surface area contributed by atoms with Gasteiger partial charge in [-0.2, -0.15) is 0 Å². The highest BCUT2D eigenvalue weighted by Crippen LogP contribution is 2.45. The Morgan fingerprint density at radius 2 is 1.60 bits per heavy atom. The van der Waals surface area contributed by atoms with Crippen molar-refractivity contribution in [3.05, 3.63) is 106 Å². The highest BCUT2D eigenvalue weighted by atomic mass is 32.2. The Kier molecular flexibility index (Phi) is 5.38. The van der Waals surface area contributed by atoms with Crippen LogP contribution in [0.1, 0.15) is 35.3 Å². The maximum atomic E-state index is 13.4. The fourth-order valence-electron chi connectivity index (χ4n) is 3.66. The molecule has 0 aliphatic carbocycles. The summed E-state index contributed by atoms with van der Waals surface area (Å²) in [6.07, 6.45) is 0.0328. The number of non-ortho nitro benzene ring substituents is 1. The molecule has 154 valence electrons. The normalized spacial score (nSPS) is 19.6. The molecule has 3 aromatic rings. The summed E-state index contributed by atoms with van der Waals surface area (Å²) in [5.74, 6) is 0. The first-order valence-electron chi connectivity index (χ1n) is 9.44. The van der Waals surface area contributed by atoms with Crippen molar-refractivity contribution in [3.63, 3.8) is 0 Å². The average Bonchev–Trinajstić information content (AvgIpc) is 3.21. The van der Waals surface area contributed by atoms with Crippen LogP contribution < -0.4 is 0 Å². The summed E-state index contributed by atoms with van der Waals surface area (Å²) in [6.45, 7) is 1.96. The molecule has 1 fully saturated rings. The van der Waals surface area contributed by atoms with Gasteiger partial charge in [-0.1, -0.05) is 59.1 Å². The molecule has 0 N–H and O–H groups in total. The third kappa shape index (κ3) is 3.72. The smallest absolute Gasteiger partial charge is 0.269 e. The van der Waals surface area contributed by atoms with Crippen LogP contribution in [0, 0.1) is 17.0 Å². The third-order valence-corrected chi connectivity index (χ3v) is 6.91. The molecule has 2 atom stereocenters. The molecule has 4 rings (SSSR count). The van der Waals surface area contributed by atoms with Crippen molar-refractivity contribution in [2.45, 2.75) is 30.4 Å². The molecule has 1 heterocycles. The third-order valence-electron chi connectivity index (χ3n) is 5.22. The number of nitro groups is 1. The number of hydrogen-bond acceptors (Lipinski definition) is 5. The maximum Gasteiger partial charge on any atom is 0.269 e. The molecule has 1 saturated heterocycles. The van der Waals surface area contributed by atoms with Crippen LogP contribution in [0.4, 0.5) is 5.69 Å². The van der Waals surface area contributed by atoms with Crippen LogP contribution in [0.3, 0.4) is 0 Å². The van der Waals surface area contributed by atoms with Crippen LogP contribution in [-0.2, 0) is 14.9 Å². The molecular weight excluding hydrogens is 404 g/mol. The molecule has 0 amide bonds. The Morgan fingerprint density at radius 1 is 0.967 bits per heavy atom. The monoisotopic (exact) mass is 424 g/mol. The van der Waals surface area contributed by atoms with E-state index in [4.69, 9.17) is 4.84 Å². The molecule has 0 bridgehead atoms. The molecule has 1 aliphatic rings. The highest BCUT2D eigenvalue weighted by Gasteiger charge is 2.43. The van der Waals surface area contributed by atoms with Gasteiger partial charge in [-0.25, -0.2) is 8.42 Å². The second-order valence-corrected chi connectivity index (χ2v) is 8.91. The molecule has 0 radical (unpaired) electrons. The summed E-state index contributed by atoms with van der Waals surface area (Å²) in [4.78, 5) is 16.3. The number of nitrogens with zero attached hydrogens (tertiary/aromatic N) is 2. The van der Waals surface area contributed by atoms with E-state index in [0.717, 1.165) is 21.2 Å². The first kappa shape index (κ1) is 20.2. The van der Waals surface area contributed by atoms with Crippen molar-refractivity contribution in [1.29, 1.82) is 0 Å². The molecule has 0 aromatic heterocycles. The summed E-state index contributed by atoms with van der Waals surface area (Å²) in [5.41, 5.74) is 2.59. The lowest BCUT2D eigenvalue weighted by Crippen LogP contribution is -2.29. The van der Waals surface area contributed by atoms with Gasteiger partial charge in [0, 0.05) is 18.6 Å². The fourth-order valence-corrected chi connectivity index (χ4v) is 5.11. The van der Waals surface area contributed by atoms with E-state index in [1.807, 2.05) is 61.5 Å². The van der Waals surface area contributed by atoms with Crippen molar-refractivity contribution in [2.24, 2.45) is 0 Å². The lowest BCUT2D eigenvalue weighted by Gasteiger charge is -2.22. The van der Waals surface area contributed by atoms with E-state index in [0.29, 0.717) is 6.42 Å². The summed E-state index contributed by atoms with van der Waals surface area (Å²) in [5, 5.41) is 10.9. The molecule has 30 heavy (non-hydrogen) atoms. The van der Waals surface area contributed by atoms with Gasteiger partial charge in [-0.15, -0.1) is 0 Å². The Balaban J connectivity index is 1.74. The summed E-state index contributed by atoms with van der Waals surface area (Å²) >= 11 is 0. The Bertz CT molecular complexity index is 1160. The van der Waals surface area contributed by atoms with Crippen molar-refractivity contribution < 1.29 is 18.2 Å². The molecule has 8 heteroatoms. The van der Waals surface area contributed by atoms with Crippen molar-refractivity contribution in [3.8, 4) is 0 Å². The van der Waals surface area contributed by atoms with E-state index >= 15 is 0 Å². The number of aryl methyl sites for hydroxylation is 1. The zero-order chi connectivity index (χ0) is 21.3. The standard InChI is InChI=1S/C22H20N2O5S/c1-16-7-5-6-10-20(16)22-15-21(17-8-3-2-4-9-17)24(29-22)30(27,28)19-13-11-18(12-14-19)23(25)26/h2-14,21-22H,15H2,1H3. The number of nitro benzene ring substituents is 1. The lowest BCUT2D eigenvalue weighted by molar-refractivity contribution is -0.384. The van der Waals surface area contributed by atoms with Crippen LogP contribution in [-0.4, -0.2) is 17.8 Å². The summed E-state index contributed by atoms with van der Waals surface area (Å²) in [7, 11) is -4.04. The molecule has 0 spiro atoms. The van der Waals surface area contributed by atoms with Gasteiger partial charge in [0.2, 0.25) is 0 Å². The zero-order valence-corrected chi connectivity index (χ0v) is 17.0. The van der Waals surface area contributed by atoms with E-state index in [1.54, 1.807) is 0 Å². The van der Waals surface area contributed by atoms with E-state index in [-0.39, 0.29) is 10.6 Å². The number of benzene rings is 3. The zero-order valence-electron chi connectivity index (χ0n) is 16.2. The van der Waals surface area contributed by atoms with Gasteiger partial charge in [0.15, 0.2) is 0 Å². The molecule has 7 nitrogen and oxygen atoms in total. The van der Waals surface area contributed by atoms with Gasteiger partial charge in [0.25, 0.3) is 15.7 Å². The summed E-state index contributed by atoms with van der Waals surface area (Å²) < 4.78 is 27.8. The van der Waals surface area contributed by atoms with Crippen LogP contribution in [0.25, 0.3) is 0 Å². The Morgan fingerprint density at radius 3 is 2.23 bits per heavy atom. The lowest BCUT2D eigenvalue weighted by atomic mass is 9.96. The van der Waals surface area contributed by atoms with E-state index in [2.05, 4.69) is 0 Å². The first-order valence-corrected chi connectivity index (χ1v) is 10.9. The van der Waals surface area contributed by atoms with Gasteiger partial charge >= 0.3 is 0 Å². The molecule has 1 aliphatic heterocycles. The molecule has 2 unspecified atom stereocenters. The predicted octanol–water partition coefficient (Wildman–Crippen LogP) is 4.71. The Labute approximate surface area is 174 Å². The predicted molar refractivity (Wildman–Crippen MR) is 111 cm³/mol. The molecule has 3 aromatic carbocycles. The fraction of sp³-hybridized carbons (Fsp3) is 0.182. The Hall–Kier alpha value is -3.07. The number of rotatable bonds is 5. The van der Waals surface area contributed by atoms with Gasteiger partial charge in [0.05, 0.1) is 15.9 Å². The van der Waals surface area contributed by atoms with Crippen LogP contribution in [0.2, 0.25) is 0 Å². The van der Waals surface area contributed by atoms with Gasteiger partial charge in [-0.3, -0.25) is 15.0 Å². The minimum atomic E-state index is -4.04. The SMILES string of the molecule is Cc1ccccc1C1CC(c2ccccc2)N(S(=O)(=O)c2ccc([N+](=O)[O-])cc2)O1. The number of hydrogen-bond donors (Lipinski definition) is 0. The number of sulfonamides is 1. The van der Waals surface area contributed by atoms with Crippen molar-refractivity contribution >= 4 is 15.7 Å². The van der Waals surface area contributed by atoms with E-state index in [1.165, 1.54) is 24.3 Å². The molecule has 0 saturated carbocycles. The van der Waals surface area contributed by atoms with E-state index < -0.39 is 27.1 Å². The summed E-state index contributed by atoms with van der Waals surface area (Å²) in [6, 6.07) is 21.3. The van der Waals surface area contributed by atoms with Gasteiger partial charge in [0.1, 0.15) is 6.10 Å². The van der Waals surface area contributed by atoms with Crippen LogP contribution >= 0.6 is 0 Å². The topological polar surface area (TPSA) is 89.8 Å².